The Labute approximate surface area is 202 Å². The highest BCUT2D eigenvalue weighted by Gasteiger charge is 2.27. The predicted molar refractivity (Wildman–Crippen MR) is 128 cm³/mol. The maximum Gasteiger partial charge on any atom is 0.341 e. The summed E-state index contributed by atoms with van der Waals surface area (Å²) in [5, 5.41) is 3.06. The molecule has 1 N–H and O–H groups in total. The summed E-state index contributed by atoms with van der Waals surface area (Å²) in [6.07, 6.45) is 3.25. The number of aromatic nitrogens is 1. The van der Waals surface area contributed by atoms with Crippen molar-refractivity contribution >= 4 is 39.3 Å². The third kappa shape index (κ3) is 5.82. The number of rotatable bonds is 8. The fourth-order valence-corrected chi connectivity index (χ4v) is 5.90. The maximum absolute atomic E-state index is 12.7. The van der Waals surface area contributed by atoms with Gasteiger partial charge in [0.25, 0.3) is 5.91 Å². The Morgan fingerprint density at radius 3 is 2.53 bits per heavy atom. The number of anilines is 1. The monoisotopic (exact) mass is 497 g/mol. The van der Waals surface area contributed by atoms with Crippen molar-refractivity contribution < 1.29 is 22.7 Å². The molecule has 10 heteroatoms. The molecular weight excluding hydrogens is 474 g/mol. The standard InChI is InChI=1S/C24H23N3O5S2/c28-22(26-18-8-6-11-20(16-18)34(30,31)27-14-4-5-15-27)17-32-24(29)21-12-7-13-25-23(21)33-19-9-2-1-3-10-19/h1-3,6-13,16H,4-5,14-15,17H2,(H,26,28). The third-order valence-corrected chi connectivity index (χ3v) is 8.02. The van der Waals surface area contributed by atoms with E-state index in [0.29, 0.717) is 23.8 Å². The van der Waals surface area contributed by atoms with E-state index in [4.69, 9.17) is 4.74 Å². The first-order valence-corrected chi connectivity index (χ1v) is 12.9. The zero-order valence-electron chi connectivity index (χ0n) is 18.2. The van der Waals surface area contributed by atoms with Crippen LogP contribution in [0.5, 0.6) is 0 Å². The van der Waals surface area contributed by atoms with Crippen molar-refractivity contribution in [3.63, 3.8) is 0 Å². The fraction of sp³-hybridized carbons (Fsp3) is 0.208. The molecule has 0 radical (unpaired) electrons. The van der Waals surface area contributed by atoms with Crippen LogP contribution < -0.4 is 5.32 Å². The molecule has 0 bridgehead atoms. The molecule has 1 amide bonds. The molecule has 1 aromatic heterocycles. The van der Waals surface area contributed by atoms with Gasteiger partial charge < -0.3 is 10.1 Å². The zero-order chi connectivity index (χ0) is 24.0. The number of sulfonamides is 1. The Bertz CT molecular complexity index is 1280. The lowest BCUT2D eigenvalue weighted by Crippen LogP contribution is -2.28. The number of esters is 1. The van der Waals surface area contributed by atoms with Crippen molar-refractivity contribution in [1.82, 2.24) is 9.29 Å². The molecule has 8 nitrogen and oxygen atoms in total. The number of nitrogens with zero attached hydrogens (tertiary/aromatic N) is 2. The third-order valence-electron chi connectivity index (χ3n) is 5.10. The number of carbonyl (C=O) groups excluding carboxylic acids is 2. The lowest BCUT2D eigenvalue weighted by atomic mass is 10.3. The minimum atomic E-state index is -3.60. The van der Waals surface area contributed by atoms with Crippen LogP contribution in [-0.2, 0) is 19.6 Å². The SMILES string of the molecule is O=C(COC(=O)c1cccnc1Sc1ccccc1)Nc1cccc(S(=O)(=O)N2CCCC2)c1. The fourth-order valence-electron chi connectivity index (χ4n) is 3.45. The molecule has 3 aromatic rings. The van der Waals surface area contributed by atoms with E-state index in [9.17, 15) is 18.0 Å². The van der Waals surface area contributed by atoms with Crippen LogP contribution in [0.25, 0.3) is 0 Å². The second-order valence-electron chi connectivity index (χ2n) is 7.53. The summed E-state index contributed by atoms with van der Waals surface area (Å²) < 4.78 is 32.1. The summed E-state index contributed by atoms with van der Waals surface area (Å²) in [6.45, 7) is 0.466. The van der Waals surface area contributed by atoms with Crippen LogP contribution in [0.3, 0.4) is 0 Å². The van der Waals surface area contributed by atoms with Gasteiger partial charge in [0, 0.05) is 29.9 Å². The van der Waals surface area contributed by atoms with Crippen LogP contribution in [0, 0.1) is 0 Å². The number of ether oxygens (including phenoxy) is 1. The summed E-state index contributed by atoms with van der Waals surface area (Å²) in [4.78, 5) is 30.3. The van der Waals surface area contributed by atoms with Crippen molar-refractivity contribution in [1.29, 1.82) is 0 Å². The molecule has 2 aromatic carbocycles. The van der Waals surface area contributed by atoms with Gasteiger partial charge in [-0.3, -0.25) is 4.79 Å². The minimum absolute atomic E-state index is 0.113. The first kappa shape index (κ1) is 23.9. The maximum atomic E-state index is 12.7. The summed E-state index contributed by atoms with van der Waals surface area (Å²) >= 11 is 1.32. The van der Waals surface area contributed by atoms with Crippen molar-refractivity contribution in [2.75, 3.05) is 25.0 Å². The molecule has 0 unspecified atom stereocenters. The normalized spacial score (nSPS) is 14.0. The van der Waals surface area contributed by atoms with E-state index < -0.39 is 28.5 Å². The predicted octanol–water partition coefficient (Wildman–Crippen LogP) is 3.81. The quantitative estimate of drug-likeness (QED) is 0.472. The van der Waals surface area contributed by atoms with Gasteiger partial charge in [0.15, 0.2) is 6.61 Å². The highest BCUT2D eigenvalue weighted by Crippen LogP contribution is 2.28. The van der Waals surface area contributed by atoms with Crippen LogP contribution in [0.15, 0.2) is 87.7 Å². The second-order valence-corrected chi connectivity index (χ2v) is 10.5. The average molecular weight is 498 g/mol. The number of amides is 1. The molecule has 1 aliphatic rings. The zero-order valence-corrected chi connectivity index (χ0v) is 19.8. The van der Waals surface area contributed by atoms with Crippen LogP contribution in [0.1, 0.15) is 23.2 Å². The molecule has 0 saturated carbocycles. The Balaban J connectivity index is 1.37. The molecule has 0 aliphatic carbocycles. The molecule has 176 valence electrons. The Kier molecular flexibility index (Phi) is 7.61. The largest absolute Gasteiger partial charge is 0.452 e. The molecule has 4 rings (SSSR count). The van der Waals surface area contributed by atoms with Crippen LogP contribution >= 0.6 is 11.8 Å². The number of pyridine rings is 1. The lowest BCUT2D eigenvalue weighted by Gasteiger charge is -2.16. The molecule has 1 fully saturated rings. The molecule has 0 atom stereocenters. The summed E-state index contributed by atoms with van der Waals surface area (Å²) in [6, 6.07) is 18.7. The smallest absolute Gasteiger partial charge is 0.341 e. The van der Waals surface area contributed by atoms with Gasteiger partial charge >= 0.3 is 5.97 Å². The van der Waals surface area contributed by atoms with Crippen LogP contribution in [0.2, 0.25) is 0 Å². The van der Waals surface area contributed by atoms with Gasteiger partial charge in [-0.05, 0) is 55.3 Å². The van der Waals surface area contributed by atoms with Gasteiger partial charge in [-0.15, -0.1) is 0 Å². The van der Waals surface area contributed by atoms with E-state index in [2.05, 4.69) is 10.3 Å². The van der Waals surface area contributed by atoms with E-state index in [1.807, 2.05) is 30.3 Å². The van der Waals surface area contributed by atoms with Gasteiger partial charge in [0.1, 0.15) is 5.03 Å². The molecule has 2 heterocycles. The number of nitrogens with one attached hydrogen (secondary N) is 1. The molecular formula is C24H23N3O5S2. The molecule has 1 saturated heterocycles. The van der Waals surface area contributed by atoms with Gasteiger partial charge in [0.05, 0.1) is 10.5 Å². The van der Waals surface area contributed by atoms with Gasteiger partial charge in [-0.1, -0.05) is 36.0 Å². The van der Waals surface area contributed by atoms with Crippen molar-refractivity contribution in [2.45, 2.75) is 27.7 Å². The molecule has 0 spiro atoms. The Hall–Kier alpha value is -3.21. The number of carbonyl (C=O) groups is 2. The minimum Gasteiger partial charge on any atom is -0.452 e. The molecule has 1 aliphatic heterocycles. The van der Waals surface area contributed by atoms with Crippen molar-refractivity contribution in [2.24, 2.45) is 0 Å². The van der Waals surface area contributed by atoms with E-state index in [1.54, 1.807) is 30.5 Å². The highest BCUT2D eigenvalue weighted by atomic mass is 32.2. The number of benzene rings is 2. The van der Waals surface area contributed by atoms with Crippen molar-refractivity contribution in [3.8, 4) is 0 Å². The van der Waals surface area contributed by atoms with Crippen molar-refractivity contribution in [3.05, 3.63) is 78.5 Å². The highest BCUT2D eigenvalue weighted by molar-refractivity contribution is 7.99. The first-order chi connectivity index (χ1) is 16.4. The Morgan fingerprint density at radius 1 is 1.00 bits per heavy atom. The van der Waals surface area contributed by atoms with Gasteiger partial charge in [-0.25, -0.2) is 18.2 Å². The van der Waals surface area contributed by atoms with E-state index in [1.165, 1.54) is 28.2 Å². The molecule has 34 heavy (non-hydrogen) atoms. The van der Waals surface area contributed by atoms with Crippen LogP contribution in [-0.4, -0.2) is 49.3 Å². The van der Waals surface area contributed by atoms with E-state index in [-0.39, 0.29) is 10.5 Å². The average Bonchev–Trinajstić information content (AvgIpc) is 3.40. The number of hydrogen-bond acceptors (Lipinski definition) is 7. The topological polar surface area (TPSA) is 106 Å². The second kappa shape index (κ2) is 10.8. The van der Waals surface area contributed by atoms with Gasteiger partial charge in [-0.2, -0.15) is 4.31 Å². The van der Waals surface area contributed by atoms with E-state index in [0.717, 1.165) is 17.7 Å². The van der Waals surface area contributed by atoms with Gasteiger partial charge in [0.2, 0.25) is 10.0 Å². The summed E-state index contributed by atoms with van der Waals surface area (Å²) in [5.74, 6) is -1.25. The summed E-state index contributed by atoms with van der Waals surface area (Å²) in [5.41, 5.74) is 0.561. The van der Waals surface area contributed by atoms with E-state index >= 15 is 0 Å². The lowest BCUT2D eigenvalue weighted by molar-refractivity contribution is -0.119. The summed E-state index contributed by atoms with van der Waals surface area (Å²) in [7, 11) is -3.60. The number of hydrogen-bond donors (Lipinski definition) is 1. The van der Waals surface area contributed by atoms with Crippen LogP contribution in [0.4, 0.5) is 5.69 Å². The first-order valence-electron chi connectivity index (χ1n) is 10.7. The Morgan fingerprint density at radius 2 is 1.76 bits per heavy atom.